The van der Waals surface area contributed by atoms with Gasteiger partial charge in [0.15, 0.2) is 0 Å². The maximum absolute atomic E-state index is 5.92. The van der Waals surface area contributed by atoms with E-state index in [4.69, 9.17) is 14.2 Å². The summed E-state index contributed by atoms with van der Waals surface area (Å²) in [6.07, 6.45) is 3.55. The van der Waals surface area contributed by atoms with Crippen LogP contribution in [0.4, 0.5) is 0 Å². The number of hydrogen-bond acceptors (Lipinski definition) is 4. The van der Waals surface area contributed by atoms with E-state index in [1.54, 1.807) is 21.3 Å². The molecule has 4 nitrogen and oxygen atoms in total. The molecule has 1 heterocycles. The molecule has 1 fully saturated rings. The molecule has 0 spiro atoms. The molecule has 162 valence electrons. The van der Waals surface area contributed by atoms with Crippen molar-refractivity contribution in [2.45, 2.75) is 24.8 Å². The fourth-order valence-corrected chi connectivity index (χ4v) is 5.01. The highest BCUT2D eigenvalue weighted by atomic mass is 16.5. The molecule has 0 amide bonds. The second-order valence-electron chi connectivity index (χ2n) is 7.86. The molecule has 0 N–H and O–H groups in total. The van der Waals surface area contributed by atoms with Crippen molar-refractivity contribution in [3.63, 3.8) is 0 Å². The third-order valence-corrected chi connectivity index (χ3v) is 6.32. The van der Waals surface area contributed by atoms with Gasteiger partial charge in [0.25, 0.3) is 0 Å². The molecule has 0 aromatic heterocycles. The zero-order valence-electron chi connectivity index (χ0n) is 18.6. The quantitative estimate of drug-likeness (QED) is 0.476. The molecule has 0 atom stereocenters. The van der Waals surface area contributed by atoms with Gasteiger partial charge in [-0.25, -0.2) is 0 Å². The number of likely N-dealkylation sites (tertiary alicyclic amines) is 1. The van der Waals surface area contributed by atoms with E-state index >= 15 is 0 Å². The van der Waals surface area contributed by atoms with Crippen LogP contribution in [0.15, 0.2) is 72.8 Å². The van der Waals surface area contributed by atoms with Gasteiger partial charge in [-0.1, -0.05) is 61.0 Å². The van der Waals surface area contributed by atoms with Crippen LogP contribution in [0.3, 0.4) is 0 Å². The summed E-state index contributed by atoms with van der Waals surface area (Å²) in [4.78, 5) is 2.57. The highest BCUT2D eigenvalue weighted by molar-refractivity contribution is 5.61. The van der Waals surface area contributed by atoms with Gasteiger partial charge < -0.3 is 14.2 Å². The highest BCUT2D eigenvalue weighted by Crippen LogP contribution is 2.51. The van der Waals surface area contributed by atoms with Crippen molar-refractivity contribution in [1.82, 2.24) is 4.90 Å². The van der Waals surface area contributed by atoms with Gasteiger partial charge in [-0.05, 0) is 44.1 Å². The number of methoxy groups -OCH3 is 3. The molecule has 3 aromatic carbocycles. The number of rotatable bonds is 7. The maximum atomic E-state index is 5.92. The minimum absolute atomic E-state index is 0.619. The largest absolute Gasteiger partial charge is 0.496 e. The molecule has 31 heavy (non-hydrogen) atoms. The van der Waals surface area contributed by atoms with E-state index in [0.29, 0.717) is 0 Å². The van der Waals surface area contributed by atoms with Crippen LogP contribution in [0.5, 0.6) is 17.2 Å². The first-order chi connectivity index (χ1) is 15.3. The van der Waals surface area contributed by atoms with Crippen LogP contribution in [-0.2, 0) is 5.54 Å². The van der Waals surface area contributed by atoms with E-state index in [1.807, 2.05) is 36.4 Å². The van der Waals surface area contributed by atoms with Crippen LogP contribution >= 0.6 is 0 Å². The number of ether oxygens (including phenoxy) is 3. The van der Waals surface area contributed by atoms with Gasteiger partial charge in [-0.2, -0.15) is 0 Å². The van der Waals surface area contributed by atoms with E-state index in [0.717, 1.165) is 59.9 Å². The van der Waals surface area contributed by atoms with Crippen LogP contribution < -0.4 is 14.2 Å². The van der Waals surface area contributed by atoms with Crippen LogP contribution in [0.1, 0.15) is 36.0 Å². The van der Waals surface area contributed by atoms with E-state index in [1.165, 1.54) is 6.42 Å². The Bertz CT molecular complexity index is 895. The molecule has 0 radical (unpaired) electrons. The molecular weight excluding hydrogens is 386 g/mol. The Balaban J connectivity index is 2.16. The Kier molecular flexibility index (Phi) is 6.47. The van der Waals surface area contributed by atoms with Crippen LogP contribution in [0, 0.1) is 0 Å². The van der Waals surface area contributed by atoms with Gasteiger partial charge in [-0.15, -0.1) is 0 Å². The topological polar surface area (TPSA) is 30.9 Å². The molecule has 3 aromatic rings. The normalized spacial score (nSPS) is 14.8. The van der Waals surface area contributed by atoms with Crippen molar-refractivity contribution in [3.05, 3.63) is 89.5 Å². The zero-order chi connectivity index (χ0) is 21.7. The fourth-order valence-electron chi connectivity index (χ4n) is 5.01. The van der Waals surface area contributed by atoms with Gasteiger partial charge in [-0.3, -0.25) is 4.90 Å². The summed E-state index contributed by atoms with van der Waals surface area (Å²) in [5.41, 5.74) is 2.65. The first kappa shape index (κ1) is 21.3. The molecule has 0 aliphatic carbocycles. The minimum Gasteiger partial charge on any atom is -0.496 e. The van der Waals surface area contributed by atoms with Crippen LogP contribution in [0.2, 0.25) is 0 Å². The summed E-state index contributed by atoms with van der Waals surface area (Å²) in [6.45, 7) is 1.96. The maximum Gasteiger partial charge on any atom is 0.124 e. The molecule has 1 aliphatic heterocycles. The Labute approximate surface area is 185 Å². The molecule has 0 unspecified atom stereocenters. The predicted molar refractivity (Wildman–Crippen MR) is 124 cm³/mol. The lowest BCUT2D eigenvalue weighted by atomic mass is 9.73. The second-order valence-corrected chi connectivity index (χ2v) is 7.86. The van der Waals surface area contributed by atoms with E-state index in [2.05, 4.69) is 41.3 Å². The third-order valence-electron chi connectivity index (χ3n) is 6.32. The molecule has 4 heteroatoms. The van der Waals surface area contributed by atoms with Gasteiger partial charge in [0.1, 0.15) is 22.8 Å². The van der Waals surface area contributed by atoms with Crippen molar-refractivity contribution in [2.24, 2.45) is 0 Å². The molecule has 1 saturated heterocycles. The smallest absolute Gasteiger partial charge is 0.124 e. The van der Waals surface area contributed by atoms with Gasteiger partial charge in [0.2, 0.25) is 0 Å². The number of para-hydroxylation sites is 3. The number of nitrogens with zero attached hydrogens (tertiary/aromatic N) is 1. The number of benzene rings is 3. The first-order valence-corrected chi connectivity index (χ1v) is 10.9. The summed E-state index contributed by atoms with van der Waals surface area (Å²) < 4.78 is 17.8. The highest BCUT2D eigenvalue weighted by Gasteiger charge is 2.47. The predicted octanol–water partition coefficient (Wildman–Crippen LogP) is 5.49. The summed E-state index contributed by atoms with van der Waals surface area (Å²) in [6, 6.07) is 25.0. The van der Waals surface area contributed by atoms with Crippen LogP contribution in [0.25, 0.3) is 0 Å². The summed E-state index contributed by atoms with van der Waals surface area (Å²) >= 11 is 0. The monoisotopic (exact) mass is 417 g/mol. The number of piperidine rings is 1. The standard InChI is InChI=1S/C27H31NO3/c1-29-24-16-8-5-13-21(24)27(28-19-11-4-12-20-28,22-14-6-9-17-25(22)30-2)23-15-7-10-18-26(23)31-3/h5-10,13-18H,4,11-12,19-20H2,1-3H3. The lowest BCUT2D eigenvalue weighted by Crippen LogP contribution is -2.50. The zero-order valence-corrected chi connectivity index (χ0v) is 18.6. The van der Waals surface area contributed by atoms with E-state index in [-0.39, 0.29) is 0 Å². The van der Waals surface area contributed by atoms with Gasteiger partial charge >= 0.3 is 0 Å². The Hall–Kier alpha value is -2.98. The Morgan fingerprint density at radius 1 is 0.548 bits per heavy atom. The summed E-state index contributed by atoms with van der Waals surface area (Å²) in [7, 11) is 5.22. The number of hydrogen-bond donors (Lipinski definition) is 0. The van der Waals surface area contributed by atoms with Gasteiger partial charge in [0, 0.05) is 16.7 Å². The Morgan fingerprint density at radius 2 is 0.903 bits per heavy atom. The molecule has 1 aliphatic rings. The lowest BCUT2D eigenvalue weighted by molar-refractivity contribution is 0.120. The second kappa shape index (κ2) is 9.44. The molecule has 0 bridgehead atoms. The lowest BCUT2D eigenvalue weighted by Gasteiger charge is -2.48. The summed E-state index contributed by atoms with van der Waals surface area (Å²) in [5, 5.41) is 0. The fraction of sp³-hybridized carbons (Fsp3) is 0.333. The van der Waals surface area contributed by atoms with Gasteiger partial charge in [0.05, 0.1) is 21.3 Å². The van der Waals surface area contributed by atoms with E-state index in [9.17, 15) is 0 Å². The molecular formula is C27H31NO3. The van der Waals surface area contributed by atoms with Crippen molar-refractivity contribution < 1.29 is 14.2 Å². The van der Waals surface area contributed by atoms with E-state index < -0.39 is 5.54 Å². The minimum atomic E-state index is -0.619. The first-order valence-electron chi connectivity index (χ1n) is 10.9. The molecule has 4 rings (SSSR count). The SMILES string of the molecule is COc1ccccc1C(c1ccccc1OC)(c1ccccc1OC)N1CCCCC1. The van der Waals surface area contributed by atoms with Crippen molar-refractivity contribution in [2.75, 3.05) is 34.4 Å². The van der Waals surface area contributed by atoms with Crippen molar-refractivity contribution >= 4 is 0 Å². The average molecular weight is 418 g/mol. The Morgan fingerprint density at radius 3 is 1.26 bits per heavy atom. The third kappa shape index (κ3) is 3.66. The van der Waals surface area contributed by atoms with Crippen molar-refractivity contribution in [1.29, 1.82) is 0 Å². The van der Waals surface area contributed by atoms with Crippen LogP contribution in [-0.4, -0.2) is 39.3 Å². The molecule has 0 saturated carbocycles. The summed E-state index contributed by atoms with van der Waals surface area (Å²) in [5.74, 6) is 2.56. The average Bonchev–Trinajstić information content (AvgIpc) is 2.86. The van der Waals surface area contributed by atoms with Crippen molar-refractivity contribution in [3.8, 4) is 17.2 Å².